The monoisotopic (exact) mass is 293 g/mol. The molecule has 20 heavy (non-hydrogen) atoms. The molecule has 2 unspecified atom stereocenters. The molecule has 0 fully saturated rings. The first-order valence-corrected chi connectivity index (χ1v) is 8.66. The lowest BCUT2D eigenvalue weighted by molar-refractivity contribution is 0.313. The fraction of sp³-hybridized carbons (Fsp3) is 0.467. The van der Waals surface area contributed by atoms with Crippen molar-refractivity contribution >= 4 is 9.84 Å². The molecule has 0 radical (unpaired) electrons. The van der Waals surface area contributed by atoms with Crippen LogP contribution in [0.2, 0.25) is 0 Å². The summed E-state index contributed by atoms with van der Waals surface area (Å²) < 4.78 is 28.8. The van der Waals surface area contributed by atoms with E-state index >= 15 is 0 Å². The molecular formula is C15H19NO3S. The molecule has 3 rings (SSSR count). The number of sulfone groups is 1. The lowest BCUT2D eigenvalue weighted by Crippen LogP contribution is -2.33. The Bertz CT molecular complexity index is 637. The highest BCUT2D eigenvalue weighted by Crippen LogP contribution is 2.34. The highest BCUT2D eigenvalue weighted by molar-refractivity contribution is 7.94. The fourth-order valence-electron chi connectivity index (χ4n) is 2.88. The smallest absolute Gasteiger partial charge is 0.173 e. The van der Waals surface area contributed by atoms with Gasteiger partial charge in [0.15, 0.2) is 9.84 Å². The van der Waals surface area contributed by atoms with Gasteiger partial charge in [-0.2, -0.15) is 0 Å². The number of nitrogens with one attached hydrogen (secondary N) is 1. The second-order valence-corrected chi connectivity index (χ2v) is 7.40. The summed E-state index contributed by atoms with van der Waals surface area (Å²) in [4.78, 5) is 0. The van der Waals surface area contributed by atoms with Gasteiger partial charge in [0.25, 0.3) is 0 Å². The number of hydrogen-bond donors (Lipinski definition) is 1. The van der Waals surface area contributed by atoms with Gasteiger partial charge < -0.3 is 10.1 Å². The van der Waals surface area contributed by atoms with Crippen LogP contribution >= 0.6 is 0 Å². The number of rotatable bonds is 2. The van der Waals surface area contributed by atoms with Crippen molar-refractivity contribution in [3.63, 3.8) is 0 Å². The molecule has 0 saturated carbocycles. The summed E-state index contributed by atoms with van der Waals surface area (Å²) in [5, 5.41) is 4.77. The Morgan fingerprint density at radius 2 is 2.20 bits per heavy atom. The molecule has 108 valence electrons. The fourth-order valence-corrected chi connectivity index (χ4v) is 4.12. The summed E-state index contributed by atoms with van der Waals surface area (Å²) >= 11 is 0. The Morgan fingerprint density at radius 3 is 2.95 bits per heavy atom. The molecule has 1 aromatic carbocycles. The van der Waals surface area contributed by atoms with E-state index in [1.54, 1.807) is 6.08 Å². The van der Waals surface area contributed by atoms with Crippen LogP contribution in [-0.2, 0) is 9.84 Å². The van der Waals surface area contributed by atoms with Crippen molar-refractivity contribution in [3.8, 4) is 5.75 Å². The zero-order valence-corrected chi connectivity index (χ0v) is 12.3. The Labute approximate surface area is 119 Å². The number of para-hydroxylation sites is 1. The third-order valence-electron chi connectivity index (χ3n) is 3.85. The molecule has 0 bridgehead atoms. The Morgan fingerprint density at radius 1 is 1.35 bits per heavy atom. The molecule has 2 heterocycles. The van der Waals surface area contributed by atoms with E-state index in [1.165, 1.54) is 5.41 Å². The third-order valence-corrected chi connectivity index (χ3v) is 5.24. The van der Waals surface area contributed by atoms with Gasteiger partial charge in [-0.15, -0.1) is 0 Å². The number of fused-ring (bicyclic) bond motifs is 1. The van der Waals surface area contributed by atoms with E-state index in [-0.39, 0.29) is 17.8 Å². The first-order chi connectivity index (χ1) is 9.55. The van der Waals surface area contributed by atoms with Crippen molar-refractivity contribution < 1.29 is 13.2 Å². The SMILES string of the molecule is Cc1cccc2c1OCCCC2NC1C=CS(=O)(=O)C1. The second kappa shape index (κ2) is 5.22. The average molecular weight is 293 g/mol. The van der Waals surface area contributed by atoms with Gasteiger partial charge in [0.05, 0.1) is 12.4 Å². The summed E-state index contributed by atoms with van der Waals surface area (Å²) in [6, 6.07) is 6.19. The molecule has 4 nitrogen and oxygen atoms in total. The topological polar surface area (TPSA) is 55.4 Å². The maximum Gasteiger partial charge on any atom is 0.173 e. The normalized spacial score (nSPS) is 27.6. The van der Waals surface area contributed by atoms with Gasteiger partial charge >= 0.3 is 0 Å². The standard InChI is InChI=1S/C15H19NO3S/c1-11-4-2-5-13-14(6-3-8-19-15(11)13)16-12-7-9-20(17,18)10-12/h2,4-5,7,9,12,14,16H,3,6,8,10H2,1H3. The zero-order valence-electron chi connectivity index (χ0n) is 11.5. The van der Waals surface area contributed by atoms with E-state index in [1.807, 2.05) is 19.1 Å². The maximum atomic E-state index is 11.5. The van der Waals surface area contributed by atoms with Crippen molar-refractivity contribution in [1.82, 2.24) is 5.32 Å². The Balaban J connectivity index is 1.84. The highest BCUT2D eigenvalue weighted by atomic mass is 32.2. The highest BCUT2D eigenvalue weighted by Gasteiger charge is 2.27. The predicted octanol–water partition coefficient (Wildman–Crippen LogP) is 2.11. The number of aryl methyl sites for hydroxylation is 1. The van der Waals surface area contributed by atoms with Crippen molar-refractivity contribution in [2.24, 2.45) is 0 Å². The summed E-state index contributed by atoms with van der Waals surface area (Å²) in [7, 11) is -3.02. The second-order valence-electron chi connectivity index (χ2n) is 5.47. The molecular weight excluding hydrogens is 274 g/mol. The predicted molar refractivity (Wildman–Crippen MR) is 78.5 cm³/mol. The molecule has 5 heteroatoms. The third kappa shape index (κ3) is 2.74. The Hall–Kier alpha value is -1.33. The van der Waals surface area contributed by atoms with Gasteiger partial charge in [0, 0.05) is 23.1 Å². The van der Waals surface area contributed by atoms with Gasteiger partial charge in [-0.05, 0) is 25.3 Å². The van der Waals surface area contributed by atoms with Crippen LogP contribution in [0, 0.1) is 6.92 Å². The van der Waals surface area contributed by atoms with Crippen LogP contribution in [0.25, 0.3) is 0 Å². The zero-order chi connectivity index (χ0) is 14.2. The quantitative estimate of drug-likeness (QED) is 0.907. The maximum absolute atomic E-state index is 11.5. The van der Waals surface area contributed by atoms with E-state index in [4.69, 9.17) is 4.74 Å². The molecule has 0 aromatic heterocycles. The van der Waals surface area contributed by atoms with Crippen LogP contribution in [0.4, 0.5) is 0 Å². The van der Waals surface area contributed by atoms with Crippen LogP contribution < -0.4 is 10.1 Å². The van der Waals surface area contributed by atoms with Gasteiger partial charge in [-0.3, -0.25) is 0 Å². The van der Waals surface area contributed by atoms with Gasteiger partial charge in [-0.1, -0.05) is 24.3 Å². The first-order valence-electron chi connectivity index (χ1n) is 6.94. The molecule has 1 N–H and O–H groups in total. The van der Waals surface area contributed by atoms with Crippen molar-refractivity contribution in [2.45, 2.75) is 31.8 Å². The minimum atomic E-state index is -3.02. The van der Waals surface area contributed by atoms with E-state index < -0.39 is 9.84 Å². The largest absolute Gasteiger partial charge is 0.493 e. The van der Waals surface area contributed by atoms with Crippen molar-refractivity contribution in [3.05, 3.63) is 40.8 Å². The number of hydrogen-bond acceptors (Lipinski definition) is 4. The molecule has 0 spiro atoms. The number of ether oxygens (including phenoxy) is 1. The van der Waals surface area contributed by atoms with Crippen LogP contribution in [0.15, 0.2) is 29.7 Å². The summed E-state index contributed by atoms with van der Waals surface area (Å²) in [5.74, 6) is 1.11. The first kappa shape index (κ1) is 13.6. The minimum Gasteiger partial charge on any atom is -0.493 e. The van der Waals surface area contributed by atoms with E-state index in [0.717, 1.165) is 36.3 Å². The minimum absolute atomic E-state index is 0.100. The molecule has 1 aromatic rings. The molecule has 0 amide bonds. The van der Waals surface area contributed by atoms with E-state index in [2.05, 4.69) is 11.4 Å². The number of benzene rings is 1. The summed E-state index contributed by atoms with van der Waals surface area (Å²) in [5.41, 5.74) is 2.27. The molecule has 0 aliphatic carbocycles. The average Bonchev–Trinajstić information content (AvgIpc) is 2.61. The van der Waals surface area contributed by atoms with Gasteiger partial charge in [0.1, 0.15) is 5.75 Å². The molecule has 0 saturated heterocycles. The van der Waals surface area contributed by atoms with Crippen LogP contribution in [0.1, 0.15) is 30.0 Å². The summed E-state index contributed by atoms with van der Waals surface area (Å²) in [6.07, 6.45) is 3.67. The molecule has 2 aliphatic rings. The Kier molecular flexibility index (Phi) is 3.56. The van der Waals surface area contributed by atoms with E-state index in [9.17, 15) is 8.42 Å². The van der Waals surface area contributed by atoms with E-state index in [0.29, 0.717) is 0 Å². The lowest BCUT2D eigenvalue weighted by atomic mass is 9.99. The van der Waals surface area contributed by atoms with Gasteiger partial charge in [0.2, 0.25) is 0 Å². The van der Waals surface area contributed by atoms with Gasteiger partial charge in [-0.25, -0.2) is 8.42 Å². The van der Waals surface area contributed by atoms with Crippen LogP contribution in [0.5, 0.6) is 5.75 Å². The van der Waals surface area contributed by atoms with Crippen molar-refractivity contribution in [2.75, 3.05) is 12.4 Å². The van der Waals surface area contributed by atoms with Crippen LogP contribution in [0.3, 0.4) is 0 Å². The van der Waals surface area contributed by atoms with Crippen molar-refractivity contribution in [1.29, 1.82) is 0 Å². The molecule has 2 aliphatic heterocycles. The summed E-state index contributed by atoms with van der Waals surface area (Å²) in [6.45, 7) is 2.76. The van der Waals surface area contributed by atoms with Crippen LogP contribution in [-0.4, -0.2) is 26.8 Å². The lowest BCUT2D eigenvalue weighted by Gasteiger charge is -2.22. The molecule has 2 atom stereocenters.